The van der Waals surface area contributed by atoms with E-state index in [1.807, 2.05) is 0 Å². The zero-order chi connectivity index (χ0) is 10.8. The van der Waals surface area contributed by atoms with Crippen LogP contribution in [0, 0.1) is 0 Å². The van der Waals surface area contributed by atoms with Crippen LogP contribution in [-0.4, -0.2) is 21.7 Å². The van der Waals surface area contributed by atoms with Crippen LogP contribution >= 0.6 is 0 Å². The summed E-state index contributed by atoms with van der Waals surface area (Å²) in [6, 6.07) is 0. The van der Waals surface area contributed by atoms with E-state index >= 15 is 0 Å². The van der Waals surface area contributed by atoms with E-state index in [9.17, 15) is 4.79 Å². The normalized spacial score (nSPS) is 14.1. The molecule has 2 rings (SSSR count). The van der Waals surface area contributed by atoms with Crippen LogP contribution in [0.1, 0.15) is 10.5 Å². The second-order valence-electron chi connectivity index (χ2n) is 2.96. The molecule has 1 aliphatic rings. The topological polar surface area (TPSA) is 88.5 Å². The van der Waals surface area contributed by atoms with Gasteiger partial charge in [0.25, 0.3) is 5.91 Å². The summed E-state index contributed by atoms with van der Waals surface area (Å²) in [6.07, 6.45) is 6.51. The Bertz CT molecular complexity index is 446. The summed E-state index contributed by atoms with van der Waals surface area (Å²) in [5.74, 6) is 0.0256. The fourth-order valence-electron chi connectivity index (χ4n) is 1.26. The number of hydrazone groups is 1. The molecule has 0 radical (unpaired) electrons. The number of allylic oxidation sites excluding steroid dienone is 1. The molecule has 7 heteroatoms. The first-order valence-corrected chi connectivity index (χ1v) is 4.26. The summed E-state index contributed by atoms with van der Waals surface area (Å²) in [6.45, 7) is 0. The van der Waals surface area contributed by atoms with Gasteiger partial charge in [0.2, 0.25) is 5.95 Å². The predicted octanol–water partition coefficient (Wildman–Crippen LogP) is -0.657. The maximum absolute atomic E-state index is 11.0. The summed E-state index contributed by atoms with van der Waals surface area (Å²) in [5.41, 5.74) is 8.22. The summed E-state index contributed by atoms with van der Waals surface area (Å²) in [5, 5.41) is 5.40. The van der Waals surface area contributed by atoms with Crippen molar-refractivity contribution < 1.29 is 4.79 Å². The van der Waals surface area contributed by atoms with Crippen molar-refractivity contribution in [1.82, 2.24) is 15.1 Å². The molecule has 0 spiro atoms. The number of imidazole rings is 1. The number of hydrazine groups is 1. The number of amides is 1. The molecule has 1 aliphatic heterocycles. The van der Waals surface area contributed by atoms with Crippen LogP contribution in [0.2, 0.25) is 0 Å². The maximum Gasteiger partial charge on any atom is 0.267 e. The lowest BCUT2D eigenvalue weighted by atomic mass is 10.4. The van der Waals surface area contributed by atoms with Crippen molar-refractivity contribution in [2.45, 2.75) is 0 Å². The zero-order valence-electron chi connectivity index (χ0n) is 8.08. The standard InChI is InChI=1S/C8H10N6O/c1-13-6(7(9)15)5-10-8(13)14-4-2-3-11-12-14/h2-5,12H,1H3,(H2,9,15). The van der Waals surface area contributed by atoms with Crippen LogP contribution in [0.4, 0.5) is 5.95 Å². The lowest BCUT2D eigenvalue weighted by Gasteiger charge is -2.19. The van der Waals surface area contributed by atoms with E-state index in [2.05, 4.69) is 15.6 Å². The van der Waals surface area contributed by atoms with Gasteiger partial charge >= 0.3 is 0 Å². The van der Waals surface area contributed by atoms with E-state index in [0.29, 0.717) is 11.6 Å². The number of carbonyl (C=O) groups is 1. The fraction of sp³-hybridized carbons (Fsp3) is 0.125. The third-order valence-corrected chi connectivity index (χ3v) is 1.99. The Morgan fingerprint density at radius 2 is 2.40 bits per heavy atom. The average Bonchev–Trinajstić information content (AvgIpc) is 2.61. The Hall–Kier alpha value is -2.31. The van der Waals surface area contributed by atoms with Gasteiger partial charge in [-0.2, -0.15) is 5.10 Å². The van der Waals surface area contributed by atoms with Crippen LogP contribution in [-0.2, 0) is 7.05 Å². The van der Waals surface area contributed by atoms with Crippen LogP contribution in [0.15, 0.2) is 23.6 Å². The second-order valence-corrected chi connectivity index (χ2v) is 2.96. The molecule has 1 aromatic heterocycles. The molecule has 78 valence electrons. The van der Waals surface area contributed by atoms with Gasteiger partial charge in [-0.05, 0) is 6.08 Å². The molecule has 0 unspecified atom stereocenters. The lowest BCUT2D eigenvalue weighted by Crippen LogP contribution is -2.33. The SMILES string of the molecule is Cn1c(C(N)=O)cnc1N1C=CC=NN1. The maximum atomic E-state index is 11.0. The molecule has 0 saturated carbocycles. The highest BCUT2D eigenvalue weighted by Crippen LogP contribution is 2.12. The Labute approximate surface area is 85.8 Å². The van der Waals surface area contributed by atoms with E-state index < -0.39 is 5.91 Å². The largest absolute Gasteiger partial charge is 0.364 e. The Kier molecular flexibility index (Phi) is 2.13. The highest BCUT2D eigenvalue weighted by atomic mass is 16.1. The second kappa shape index (κ2) is 3.45. The van der Waals surface area contributed by atoms with Crippen molar-refractivity contribution in [3.8, 4) is 0 Å². The summed E-state index contributed by atoms with van der Waals surface area (Å²) >= 11 is 0. The van der Waals surface area contributed by atoms with Gasteiger partial charge in [-0.25, -0.2) is 15.5 Å². The van der Waals surface area contributed by atoms with Crippen molar-refractivity contribution >= 4 is 18.1 Å². The Morgan fingerprint density at radius 3 is 2.93 bits per heavy atom. The number of aromatic nitrogens is 2. The van der Waals surface area contributed by atoms with Crippen molar-refractivity contribution in [3.63, 3.8) is 0 Å². The molecule has 0 aromatic carbocycles. The number of nitrogens with zero attached hydrogens (tertiary/aromatic N) is 4. The van der Waals surface area contributed by atoms with Gasteiger partial charge in [-0.15, -0.1) is 0 Å². The van der Waals surface area contributed by atoms with Crippen LogP contribution < -0.4 is 16.3 Å². The third-order valence-electron chi connectivity index (χ3n) is 1.99. The minimum atomic E-state index is -0.513. The van der Waals surface area contributed by atoms with Gasteiger partial charge < -0.3 is 10.3 Å². The van der Waals surface area contributed by atoms with E-state index in [-0.39, 0.29) is 0 Å². The minimum absolute atomic E-state index is 0.342. The van der Waals surface area contributed by atoms with Gasteiger partial charge in [-0.3, -0.25) is 4.79 Å². The molecule has 7 nitrogen and oxygen atoms in total. The number of hydrogen-bond acceptors (Lipinski definition) is 5. The molecule has 0 fully saturated rings. The quantitative estimate of drug-likeness (QED) is 0.672. The number of anilines is 1. The average molecular weight is 206 g/mol. The van der Waals surface area contributed by atoms with Crippen LogP contribution in [0.3, 0.4) is 0 Å². The highest BCUT2D eigenvalue weighted by Gasteiger charge is 2.15. The predicted molar refractivity (Wildman–Crippen MR) is 55.0 cm³/mol. The number of carbonyl (C=O) groups excluding carboxylic acids is 1. The first-order chi connectivity index (χ1) is 7.20. The minimum Gasteiger partial charge on any atom is -0.364 e. The van der Waals surface area contributed by atoms with Crippen molar-refractivity contribution in [2.24, 2.45) is 17.9 Å². The Balaban J connectivity index is 2.33. The number of primary amides is 1. The van der Waals surface area contributed by atoms with Crippen molar-refractivity contribution in [2.75, 3.05) is 5.01 Å². The number of nitrogens with two attached hydrogens (primary N) is 1. The molecule has 0 atom stereocenters. The fourth-order valence-corrected chi connectivity index (χ4v) is 1.26. The molecule has 1 aromatic rings. The molecule has 3 N–H and O–H groups in total. The van der Waals surface area contributed by atoms with Crippen molar-refractivity contribution in [3.05, 3.63) is 24.2 Å². The first kappa shape index (κ1) is 9.25. The molecule has 0 aliphatic carbocycles. The van der Waals surface area contributed by atoms with Gasteiger partial charge in [0, 0.05) is 13.2 Å². The smallest absolute Gasteiger partial charge is 0.267 e. The Morgan fingerprint density at radius 1 is 1.60 bits per heavy atom. The summed E-state index contributed by atoms with van der Waals surface area (Å²) in [7, 11) is 1.70. The summed E-state index contributed by atoms with van der Waals surface area (Å²) < 4.78 is 1.58. The molecular weight excluding hydrogens is 196 g/mol. The van der Waals surface area contributed by atoms with E-state index in [0.717, 1.165) is 0 Å². The number of hydrogen-bond donors (Lipinski definition) is 2. The van der Waals surface area contributed by atoms with Gasteiger partial charge in [0.05, 0.1) is 12.4 Å². The van der Waals surface area contributed by atoms with Gasteiger partial charge in [0.15, 0.2) is 0 Å². The molecule has 1 amide bonds. The first-order valence-electron chi connectivity index (χ1n) is 4.26. The lowest BCUT2D eigenvalue weighted by molar-refractivity contribution is 0.0992. The van der Waals surface area contributed by atoms with E-state index in [1.165, 1.54) is 6.20 Å². The van der Waals surface area contributed by atoms with E-state index in [4.69, 9.17) is 5.73 Å². The van der Waals surface area contributed by atoms with Crippen LogP contribution in [0.5, 0.6) is 0 Å². The highest BCUT2D eigenvalue weighted by molar-refractivity contribution is 5.91. The van der Waals surface area contributed by atoms with Gasteiger partial charge in [0.1, 0.15) is 5.69 Å². The van der Waals surface area contributed by atoms with E-state index in [1.54, 1.807) is 35.1 Å². The molecule has 0 saturated heterocycles. The molecule has 0 bridgehead atoms. The third kappa shape index (κ3) is 1.54. The van der Waals surface area contributed by atoms with Crippen molar-refractivity contribution in [1.29, 1.82) is 0 Å². The molecule has 2 heterocycles. The van der Waals surface area contributed by atoms with Gasteiger partial charge in [-0.1, -0.05) is 0 Å². The summed E-state index contributed by atoms with van der Waals surface area (Å²) in [4.78, 5) is 15.1. The zero-order valence-corrected chi connectivity index (χ0v) is 8.08. The monoisotopic (exact) mass is 206 g/mol. The molecular formula is C8H10N6O. The number of nitrogens with one attached hydrogen (secondary N) is 1. The number of rotatable bonds is 2. The molecule has 15 heavy (non-hydrogen) atoms. The van der Waals surface area contributed by atoms with Crippen LogP contribution in [0.25, 0.3) is 0 Å².